The molecule has 1 aromatic carbocycles. The van der Waals surface area contributed by atoms with Crippen LogP contribution in [0.1, 0.15) is 18.4 Å². The number of rotatable bonds is 4. The fourth-order valence-electron chi connectivity index (χ4n) is 2.19. The molecule has 0 saturated carbocycles. The number of guanidine groups is 1. The minimum Gasteiger partial charge on any atom is -0.496 e. The average Bonchev–Trinajstić information content (AvgIpc) is 2.96. The van der Waals surface area contributed by atoms with Crippen LogP contribution in [0.2, 0.25) is 0 Å². The van der Waals surface area contributed by atoms with Crippen LogP contribution in [-0.4, -0.2) is 26.2 Å². The highest BCUT2D eigenvalue weighted by Gasteiger charge is 2.12. The van der Waals surface area contributed by atoms with Gasteiger partial charge in [-0.3, -0.25) is 4.99 Å². The van der Waals surface area contributed by atoms with E-state index in [9.17, 15) is 0 Å². The SMILES string of the molecule is CN=C(NCc1cc(Br)ccc1OC)NC1CC=CC1.I. The molecular formula is C15H21BrIN3O. The van der Waals surface area contributed by atoms with Crippen molar-refractivity contribution in [3.05, 3.63) is 40.4 Å². The number of ether oxygens (including phenoxy) is 1. The first-order chi connectivity index (χ1) is 9.72. The lowest BCUT2D eigenvalue weighted by Gasteiger charge is -2.17. The van der Waals surface area contributed by atoms with Gasteiger partial charge in [-0.1, -0.05) is 28.1 Å². The molecular weight excluding hydrogens is 445 g/mol. The molecule has 0 atom stereocenters. The minimum absolute atomic E-state index is 0. The van der Waals surface area contributed by atoms with Crippen molar-refractivity contribution in [2.75, 3.05) is 14.2 Å². The summed E-state index contributed by atoms with van der Waals surface area (Å²) in [6.07, 6.45) is 6.51. The summed E-state index contributed by atoms with van der Waals surface area (Å²) in [6.45, 7) is 0.669. The highest BCUT2D eigenvalue weighted by atomic mass is 127. The number of benzene rings is 1. The Balaban J connectivity index is 0.00000220. The second-order valence-electron chi connectivity index (χ2n) is 4.67. The molecule has 0 fully saturated rings. The maximum absolute atomic E-state index is 5.37. The fourth-order valence-corrected chi connectivity index (χ4v) is 2.60. The summed E-state index contributed by atoms with van der Waals surface area (Å²) < 4.78 is 6.41. The van der Waals surface area contributed by atoms with Crippen LogP contribution in [0.5, 0.6) is 5.75 Å². The van der Waals surface area contributed by atoms with Crippen LogP contribution in [0.25, 0.3) is 0 Å². The van der Waals surface area contributed by atoms with Gasteiger partial charge in [0, 0.05) is 29.7 Å². The molecule has 2 rings (SSSR count). The van der Waals surface area contributed by atoms with Gasteiger partial charge < -0.3 is 15.4 Å². The van der Waals surface area contributed by atoms with Crippen molar-refractivity contribution in [1.82, 2.24) is 10.6 Å². The van der Waals surface area contributed by atoms with Gasteiger partial charge in [-0.25, -0.2) is 0 Å². The molecule has 21 heavy (non-hydrogen) atoms. The molecule has 0 aliphatic heterocycles. The van der Waals surface area contributed by atoms with Gasteiger partial charge in [0.1, 0.15) is 5.75 Å². The molecule has 0 amide bonds. The Morgan fingerprint density at radius 2 is 2.10 bits per heavy atom. The Bertz CT molecular complexity index is 512. The molecule has 0 heterocycles. The van der Waals surface area contributed by atoms with E-state index in [1.54, 1.807) is 14.2 Å². The first kappa shape index (κ1) is 18.3. The third-order valence-corrected chi connectivity index (χ3v) is 3.75. The van der Waals surface area contributed by atoms with Crippen LogP contribution in [0.4, 0.5) is 0 Å². The van der Waals surface area contributed by atoms with E-state index in [1.165, 1.54) is 0 Å². The van der Waals surface area contributed by atoms with Crippen LogP contribution in [-0.2, 0) is 6.54 Å². The Morgan fingerprint density at radius 1 is 1.38 bits per heavy atom. The highest BCUT2D eigenvalue weighted by molar-refractivity contribution is 14.0. The summed E-state index contributed by atoms with van der Waals surface area (Å²) in [4.78, 5) is 4.26. The lowest BCUT2D eigenvalue weighted by molar-refractivity contribution is 0.409. The summed E-state index contributed by atoms with van der Waals surface area (Å²) in [6, 6.07) is 6.43. The van der Waals surface area contributed by atoms with Crippen molar-refractivity contribution >= 4 is 45.9 Å². The smallest absolute Gasteiger partial charge is 0.191 e. The van der Waals surface area contributed by atoms with Crippen LogP contribution in [0.15, 0.2) is 39.8 Å². The molecule has 1 aliphatic rings. The van der Waals surface area contributed by atoms with E-state index < -0.39 is 0 Å². The zero-order valence-corrected chi connectivity index (χ0v) is 16.1. The van der Waals surface area contributed by atoms with Gasteiger partial charge in [-0.2, -0.15) is 0 Å². The molecule has 0 unspecified atom stereocenters. The van der Waals surface area contributed by atoms with Gasteiger partial charge in [0.05, 0.1) is 7.11 Å². The summed E-state index contributed by atoms with van der Waals surface area (Å²) >= 11 is 3.48. The van der Waals surface area contributed by atoms with E-state index in [0.29, 0.717) is 12.6 Å². The van der Waals surface area contributed by atoms with Crippen LogP contribution in [0.3, 0.4) is 0 Å². The maximum Gasteiger partial charge on any atom is 0.191 e. The normalized spacial score (nSPS) is 14.7. The van der Waals surface area contributed by atoms with E-state index in [2.05, 4.69) is 49.8 Å². The standard InChI is InChI=1S/C15H20BrN3O.HI/c1-17-15(19-13-5-3-4-6-13)18-10-11-9-12(16)7-8-14(11)20-2;/h3-4,7-9,13H,5-6,10H2,1-2H3,(H2,17,18,19);1H. The van der Waals surface area contributed by atoms with Crippen LogP contribution >= 0.6 is 39.9 Å². The Morgan fingerprint density at radius 3 is 2.71 bits per heavy atom. The zero-order valence-electron chi connectivity index (χ0n) is 12.2. The Kier molecular flexibility index (Phi) is 8.10. The monoisotopic (exact) mass is 465 g/mol. The summed E-state index contributed by atoms with van der Waals surface area (Å²) in [5, 5.41) is 6.74. The Labute approximate surface area is 151 Å². The minimum atomic E-state index is 0. The molecule has 1 aromatic rings. The van der Waals surface area contributed by atoms with Gasteiger partial charge in [-0.05, 0) is 31.0 Å². The molecule has 0 bridgehead atoms. The number of nitrogens with zero attached hydrogens (tertiary/aromatic N) is 1. The quantitative estimate of drug-likeness (QED) is 0.310. The van der Waals surface area contributed by atoms with Crippen LogP contribution < -0.4 is 15.4 Å². The largest absolute Gasteiger partial charge is 0.496 e. The van der Waals surface area contributed by atoms with E-state index in [0.717, 1.165) is 34.6 Å². The number of hydrogen-bond acceptors (Lipinski definition) is 2. The van der Waals surface area contributed by atoms with Gasteiger partial charge >= 0.3 is 0 Å². The summed E-state index contributed by atoms with van der Waals surface area (Å²) in [5.74, 6) is 1.69. The highest BCUT2D eigenvalue weighted by Crippen LogP contribution is 2.22. The average molecular weight is 466 g/mol. The zero-order chi connectivity index (χ0) is 14.4. The first-order valence-electron chi connectivity index (χ1n) is 6.67. The summed E-state index contributed by atoms with van der Waals surface area (Å²) in [7, 11) is 3.47. The first-order valence-corrected chi connectivity index (χ1v) is 7.47. The van der Waals surface area contributed by atoms with E-state index in [1.807, 2.05) is 12.1 Å². The molecule has 0 radical (unpaired) electrons. The molecule has 116 valence electrons. The molecule has 6 heteroatoms. The maximum atomic E-state index is 5.37. The molecule has 1 aliphatic carbocycles. The number of aliphatic imine (C=N–C) groups is 1. The molecule has 0 saturated heterocycles. The van der Waals surface area contributed by atoms with Crippen molar-refractivity contribution in [3.8, 4) is 5.75 Å². The topological polar surface area (TPSA) is 45.7 Å². The fraction of sp³-hybridized carbons (Fsp3) is 0.400. The van der Waals surface area contributed by atoms with Gasteiger partial charge in [0.15, 0.2) is 5.96 Å². The number of hydrogen-bond donors (Lipinski definition) is 2. The van der Waals surface area contributed by atoms with Gasteiger partial charge in [0.25, 0.3) is 0 Å². The number of nitrogens with one attached hydrogen (secondary N) is 2. The van der Waals surface area contributed by atoms with Gasteiger partial charge in [0.2, 0.25) is 0 Å². The molecule has 0 aromatic heterocycles. The number of halogens is 2. The lowest BCUT2D eigenvalue weighted by Crippen LogP contribution is -2.42. The van der Waals surface area contributed by atoms with Crippen molar-refractivity contribution < 1.29 is 4.74 Å². The number of methoxy groups -OCH3 is 1. The Hall–Kier alpha value is -0.760. The predicted molar refractivity (Wildman–Crippen MR) is 102 cm³/mol. The summed E-state index contributed by atoms with van der Waals surface area (Å²) in [5.41, 5.74) is 1.09. The molecule has 4 nitrogen and oxygen atoms in total. The van der Waals surface area contributed by atoms with Crippen molar-refractivity contribution in [3.63, 3.8) is 0 Å². The van der Waals surface area contributed by atoms with E-state index in [-0.39, 0.29) is 24.0 Å². The lowest BCUT2D eigenvalue weighted by atomic mass is 10.2. The van der Waals surface area contributed by atoms with Gasteiger partial charge in [-0.15, -0.1) is 24.0 Å². The third kappa shape index (κ3) is 5.50. The molecule has 0 spiro atoms. The van der Waals surface area contributed by atoms with E-state index >= 15 is 0 Å². The van der Waals surface area contributed by atoms with E-state index in [4.69, 9.17) is 4.74 Å². The molecule has 2 N–H and O–H groups in total. The second-order valence-corrected chi connectivity index (χ2v) is 5.58. The van der Waals surface area contributed by atoms with Crippen LogP contribution in [0, 0.1) is 0 Å². The van der Waals surface area contributed by atoms with Crippen molar-refractivity contribution in [2.24, 2.45) is 4.99 Å². The van der Waals surface area contributed by atoms with Crippen molar-refractivity contribution in [1.29, 1.82) is 0 Å². The second kappa shape index (κ2) is 9.30. The predicted octanol–water partition coefficient (Wildman–Crippen LogP) is 3.46. The van der Waals surface area contributed by atoms with Crippen molar-refractivity contribution in [2.45, 2.75) is 25.4 Å². The third-order valence-electron chi connectivity index (χ3n) is 3.26.